The minimum atomic E-state index is 0.219. The molecule has 3 rings (SSSR count). The van der Waals surface area contributed by atoms with Crippen molar-refractivity contribution in [3.05, 3.63) is 52.0 Å². The predicted molar refractivity (Wildman–Crippen MR) is 98.3 cm³/mol. The molecule has 0 spiro atoms. The lowest BCUT2D eigenvalue weighted by molar-refractivity contribution is -0.0183. The molecule has 0 aliphatic carbocycles. The van der Waals surface area contributed by atoms with Crippen LogP contribution in [0.15, 0.2) is 35.5 Å². The number of halogens is 1. The van der Waals surface area contributed by atoms with Gasteiger partial charge < -0.3 is 23.8 Å². The van der Waals surface area contributed by atoms with E-state index >= 15 is 0 Å². The fourth-order valence-electron chi connectivity index (χ4n) is 2.61. The second-order valence-electron chi connectivity index (χ2n) is 5.52. The van der Waals surface area contributed by atoms with Crippen molar-refractivity contribution in [2.24, 2.45) is 5.16 Å². The highest BCUT2D eigenvalue weighted by Gasteiger charge is 2.16. The molecule has 7 heteroatoms. The van der Waals surface area contributed by atoms with E-state index in [-0.39, 0.29) is 13.4 Å². The van der Waals surface area contributed by atoms with E-state index in [0.29, 0.717) is 29.7 Å². The first-order chi connectivity index (χ1) is 12.7. The van der Waals surface area contributed by atoms with Crippen molar-refractivity contribution in [1.82, 2.24) is 0 Å². The maximum Gasteiger partial charge on any atom is 0.189 e. The van der Waals surface area contributed by atoms with Crippen molar-refractivity contribution in [2.75, 3.05) is 20.5 Å². The summed E-state index contributed by atoms with van der Waals surface area (Å²) >= 11 is 6.13. The van der Waals surface area contributed by atoms with Gasteiger partial charge >= 0.3 is 0 Å². The zero-order valence-electron chi connectivity index (χ0n) is 14.7. The average Bonchev–Trinajstić information content (AvgIpc) is 2.66. The molecule has 0 aromatic heterocycles. The molecule has 0 unspecified atom stereocenters. The summed E-state index contributed by atoms with van der Waals surface area (Å²) in [4.78, 5) is 5.41. The van der Waals surface area contributed by atoms with Gasteiger partial charge in [0, 0.05) is 21.7 Å². The van der Waals surface area contributed by atoms with Crippen LogP contribution in [0.3, 0.4) is 0 Å². The fourth-order valence-corrected chi connectivity index (χ4v) is 2.87. The molecule has 1 aliphatic heterocycles. The van der Waals surface area contributed by atoms with E-state index in [4.69, 9.17) is 35.4 Å². The summed E-state index contributed by atoms with van der Waals surface area (Å²) in [6.07, 6.45) is 1.61. The Labute approximate surface area is 157 Å². The van der Waals surface area contributed by atoms with Gasteiger partial charge in [-0.15, -0.1) is 0 Å². The molecule has 26 heavy (non-hydrogen) atoms. The van der Waals surface area contributed by atoms with E-state index in [1.54, 1.807) is 19.4 Å². The Balaban J connectivity index is 1.66. The van der Waals surface area contributed by atoms with Crippen LogP contribution in [-0.4, -0.2) is 26.7 Å². The van der Waals surface area contributed by atoms with E-state index < -0.39 is 0 Å². The molecule has 0 saturated carbocycles. The summed E-state index contributed by atoms with van der Waals surface area (Å²) in [5.41, 5.74) is 2.57. The summed E-state index contributed by atoms with van der Waals surface area (Å²) in [5.74, 6) is 2.09. The number of hydrogen-bond donors (Lipinski definition) is 0. The molecule has 2 aromatic rings. The molecule has 0 atom stereocenters. The van der Waals surface area contributed by atoms with E-state index in [0.717, 1.165) is 22.4 Å². The number of rotatable bonds is 7. The van der Waals surface area contributed by atoms with Gasteiger partial charge in [-0.1, -0.05) is 16.8 Å². The van der Waals surface area contributed by atoms with E-state index in [1.165, 1.54) is 0 Å². The number of nitrogens with zero attached hydrogens (tertiary/aromatic N) is 1. The molecule has 0 radical (unpaired) electrons. The number of methoxy groups -OCH3 is 1. The first-order valence-corrected chi connectivity index (χ1v) is 8.57. The third-order valence-corrected chi connectivity index (χ3v) is 3.95. The molecule has 138 valence electrons. The van der Waals surface area contributed by atoms with E-state index in [9.17, 15) is 0 Å². The summed E-state index contributed by atoms with van der Waals surface area (Å²) in [6.45, 7) is 3.43. The van der Waals surface area contributed by atoms with Gasteiger partial charge in [-0.3, -0.25) is 0 Å². The molecule has 2 aromatic carbocycles. The maximum absolute atomic E-state index is 6.13. The Kier molecular flexibility index (Phi) is 6.20. The third kappa shape index (κ3) is 4.39. The van der Waals surface area contributed by atoms with Crippen molar-refractivity contribution >= 4 is 17.8 Å². The number of ether oxygens (including phenoxy) is 4. The SMILES string of the molecule is CCOc1ccc(/C=N\OCc2cc(Cl)cc3c2OCOC3)cc1OC. The van der Waals surface area contributed by atoms with Crippen molar-refractivity contribution < 1.29 is 23.8 Å². The normalized spacial score (nSPS) is 13.2. The molecular formula is C19H20ClNO5. The summed E-state index contributed by atoms with van der Waals surface area (Å²) < 4.78 is 21.6. The van der Waals surface area contributed by atoms with Gasteiger partial charge in [-0.05, 0) is 37.3 Å². The van der Waals surface area contributed by atoms with Gasteiger partial charge in [0.05, 0.1) is 26.5 Å². The molecule has 0 N–H and O–H groups in total. The molecule has 6 nitrogen and oxygen atoms in total. The molecular weight excluding hydrogens is 358 g/mol. The monoisotopic (exact) mass is 377 g/mol. The predicted octanol–water partition coefficient (Wildman–Crippen LogP) is 4.16. The number of benzene rings is 2. The molecule has 0 bridgehead atoms. The van der Waals surface area contributed by atoms with Crippen LogP contribution >= 0.6 is 11.6 Å². The highest BCUT2D eigenvalue weighted by atomic mass is 35.5. The summed E-state index contributed by atoms with van der Waals surface area (Å²) in [5, 5.41) is 4.62. The molecule has 0 amide bonds. The number of hydrogen-bond acceptors (Lipinski definition) is 6. The molecule has 0 fully saturated rings. The number of fused-ring (bicyclic) bond motifs is 1. The van der Waals surface area contributed by atoms with Crippen molar-refractivity contribution in [1.29, 1.82) is 0 Å². The van der Waals surface area contributed by atoms with Gasteiger partial charge in [-0.2, -0.15) is 0 Å². The Morgan fingerprint density at radius 1 is 1.23 bits per heavy atom. The second-order valence-corrected chi connectivity index (χ2v) is 5.95. The van der Waals surface area contributed by atoms with E-state index in [1.807, 2.05) is 31.2 Å². The van der Waals surface area contributed by atoms with Crippen LogP contribution in [0.25, 0.3) is 0 Å². The lowest BCUT2D eigenvalue weighted by Crippen LogP contribution is -2.13. The zero-order chi connectivity index (χ0) is 18.4. The van der Waals surface area contributed by atoms with Gasteiger partial charge in [0.25, 0.3) is 0 Å². The summed E-state index contributed by atoms with van der Waals surface area (Å²) in [6, 6.07) is 9.18. The molecule has 1 aliphatic rings. The van der Waals surface area contributed by atoms with E-state index in [2.05, 4.69) is 5.16 Å². The lowest BCUT2D eigenvalue weighted by Gasteiger charge is -2.20. The highest BCUT2D eigenvalue weighted by Crippen LogP contribution is 2.32. The van der Waals surface area contributed by atoms with Crippen LogP contribution in [-0.2, 0) is 22.8 Å². The Morgan fingerprint density at radius 3 is 2.92 bits per heavy atom. The average molecular weight is 378 g/mol. The standard InChI is InChI=1S/C19H20ClNO5/c1-3-24-17-5-4-13(6-18(17)22-2)9-21-26-11-15-8-16(20)7-14-10-23-12-25-19(14)15/h4-9H,3,10-12H2,1-2H3/b21-9-. The minimum Gasteiger partial charge on any atom is -0.493 e. The van der Waals surface area contributed by atoms with Gasteiger partial charge in [-0.25, -0.2) is 0 Å². The fraction of sp³-hybridized carbons (Fsp3) is 0.316. The van der Waals surface area contributed by atoms with Crippen LogP contribution in [0.4, 0.5) is 0 Å². The Hall–Kier alpha value is -2.44. The summed E-state index contributed by atoms with van der Waals surface area (Å²) in [7, 11) is 1.60. The number of oxime groups is 1. The maximum atomic E-state index is 6.13. The van der Waals surface area contributed by atoms with Gasteiger partial charge in [0.2, 0.25) is 0 Å². The zero-order valence-corrected chi connectivity index (χ0v) is 15.4. The first kappa shape index (κ1) is 18.4. The first-order valence-electron chi connectivity index (χ1n) is 8.19. The van der Waals surface area contributed by atoms with Gasteiger partial charge in [0.15, 0.2) is 18.3 Å². The third-order valence-electron chi connectivity index (χ3n) is 3.74. The molecule has 1 heterocycles. The largest absolute Gasteiger partial charge is 0.493 e. The second kappa shape index (κ2) is 8.78. The van der Waals surface area contributed by atoms with Crippen LogP contribution in [0.1, 0.15) is 23.6 Å². The Morgan fingerprint density at radius 2 is 2.12 bits per heavy atom. The van der Waals surface area contributed by atoms with Crippen molar-refractivity contribution in [3.63, 3.8) is 0 Å². The van der Waals surface area contributed by atoms with Crippen molar-refractivity contribution in [2.45, 2.75) is 20.1 Å². The van der Waals surface area contributed by atoms with Crippen LogP contribution in [0, 0.1) is 0 Å². The topological polar surface area (TPSA) is 58.5 Å². The van der Waals surface area contributed by atoms with Crippen LogP contribution < -0.4 is 14.2 Å². The smallest absolute Gasteiger partial charge is 0.189 e. The van der Waals surface area contributed by atoms with Crippen LogP contribution in [0.2, 0.25) is 5.02 Å². The lowest BCUT2D eigenvalue weighted by atomic mass is 10.1. The Bertz CT molecular complexity index is 794. The minimum absolute atomic E-state index is 0.219. The molecule has 0 saturated heterocycles. The van der Waals surface area contributed by atoms with Crippen LogP contribution in [0.5, 0.6) is 17.2 Å². The highest BCUT2D eigenvalue weighted by molar-refractivity contribution is 6.30. The quantitative estimate of drug-likeness (QED) is 0.535. The van der Waals surface area contributed by atoms with Gasteiger partial charge in [0.1, 0.15) is 12.4 Å². The van der Waals surface area contributed by atoms with Crippen molar-refractivity contribution in [3.8, 4) is 17.2 Å².